The van der Waals surface area contributed by atoms with Crippen LogP contribution in [-0.4, -0.2) is 12.5 Å². The molecule has 0 amide bonds. The molecule has 0 unspecified atom stereocenters. The van der Waals surface area contributed by atoms with Crippen LogP contribution in [0.4, 0.5) is 0 Å². The topological polar surface area (TPSA) is 50.4 Å². The van der Waals surface area contributed by atoms with Crippen LogP contribution in [0.25, 0.3) is 0 Å². The first-order valence-corrected chi connectivity index (χ1v) is 5.22. The molecule has 1 aromatic rings. The van der Waals surface area contributed by atoms with E-state index in [1.54, 1.807) is 11.3 Å². The van der Waals surface area contributed by atoms with Gasteiger partial charge in [-0.2, -0.15) is 0 Å². The number of hydrogen-bond donors (Lipinski definition) is 2. The van der Waals surface area contributed by atoms with Gasteiger partial charge >= 0.3 is 0 Å². The fourth-order valence-electron chi connectivity index (χ4n) is 1.05. The highest BCUT2D eigenvalue weighted by molar-refractivity contribution is 7.10. The van der Waals surface area contributed by atoms with Crippen molar-refractivity contribution in [3.8, 4) is 0 Å². The molecule has 3 nitrogen and oxygen atoms in total. The standard InChI is InChI=1S/C9H15N3S/c1-3-11-9(10)12-7(2)8-5-4-6-13-8/h4-7H,3H2,1-2H3,(H3,10,11,12)/t7-/m0/s1. The molecule has 0 aliphatic heterocycles. The van der Waals surface area contributed by atoms with Gasteiger partial charge in [0.2, 0.25) is 0 Å². The molecular formula is C9H15N3S. The summed E-state index contributed by atoms with van der Waals surface area (Å²) in [6.45, 7) is 4.75. The first kappa shape index (κ1) is 10.1. The smallest absolute Gasteiger partial charge is 0.189 e. The fourth-order valence-corrected chi connectivity index (χ4v) is 1.78. The second kappa shape index (κ2) is 4.87. The van der Waals surface area contributed by atoms with E-state index in [4.69, 9.17) is 5.73 Å². The van der Waals surface area contributed by atoms with Crippen molar-refractivity contribution >= 4 is 17.3 Å². The molecule has 0 spiro atoms. The van der Waals surface area contributed by atoms with E-state index < -0.39 is 0 Å². The van der Waals surface area contributed by atoms with Gasteiger partial charge in [-0.3, -0.25) is 4.99 Å². The fraction of sp³-hybridized carbons (Fsp3) is 0.444. The minimum Gasteiger partial charge on any atom is -0.370 e. The number of aliphatic imine (C=N–C) groups is 1. The van der Waals surface area contributed by atoms with E-state index in [2.05, 4.69) is 28.7 Å². The SMILES string of the molecule is CCN=C(N)N[C@@H](C)c1cccs1. The van der Waals surface area contributed by atoms with Crippen LogP contribution in [0.15, 0.2) is 22.5 Å². The molecule has 1 aromatic heterocycles. The Balaban J connectivity index is 2.51. The molecule has 0 bridgehead atoms. The van der Waals surface area contributed by atoms with Crippen LogP contribution in [0.3, 0.4) is 0 Å². The molecule has 0 aromatic carbocycles. The molecule has 0 saturated heterocycles. The highest BCUT2D eigenvalue weighted by atomic mass is 32.1. The van der Waals surface area contributed by atoms with Gasteiger partial charge in [-0.1, -0.05) is 6.07 Å². The van der Waals surface area contributed by atoms with Crippen LogP contribution in [0, 0.1) is 0 Å². The molecule has 0 radical (unpaired) electrons. The monoisotopic (exact) mass is 197 g/mol. The largest absolute Gasteiger partial charge is 0.370 e. The summed E-state index contributed by atoms with van der Waals surface area (Å²) >= 11 is 1.72. The van der Waals surface area contributed by atoms with Crippen molar-refractivity contribution in [3.05, 3.63) is 22.4 Å². The first-order chi connectivity index (χ1) is 6.24. The Labute approximate surface area is 82.7 Å². The quantitative estimate of drug-likeness (QED) is 0.573. The van der Waals surface area contributed by atoms with E-state index in [1.165, 1.54) is 4.88 Å². The summed E-state index contributed by atoms with van der Waals surface area (Å²) in [7, 11) is 0. The normalized spacial score (nSPS) is 14.2. The molecule has 1 heterocycles. The zero-order valence-electron chi connectivity index (χ0n) is 7.95. The number of nitrogens with one attached hydrogen (secondary N) is 1. The van der Waals surface area contributed by atoms with Crippen LogP contribution in [-0.2, 0) is 0 Å². The number of rotatable bonds is 3. The Morgan fingerprint density at radius 3 is 3.08 bits per heavy atom. The second-order valence-corrected chi connectivity index (χ2v) is 3.72. The summed E-state index contributed by atoms with van der Waals surface area (Å²) in [5.74, 6) is 0.517. The van der Waals surface area contributed by atoms with E-state index in [1.807, 2.05) is 13.0 Å². The van der Waals surface area contributed by atoms with Crippen molar-refractivity contribution < 1.29 is 0 Å². The van der Waals surface area contributed by atoms with E-state index in [0.29, 0.717) is 5.96 Å². The number of nitrogens with two attached hydrogens (primary N) is 1. The zero-order valence-corrected chi connectivity index (χ0v) is 8.77. The predicted octanol–water partition coefficient (Wildman–Crippen LogP) is 1.73. The third-order valence-corrected chi connectivity index (χ3v) is 2.72. The maximum atomic E-state index is 5.63. The third-order valence-electron chi connectivity index (χ3n) is 1.66. The number of nitrogens with zero attached hydrogens (tertiary/aromatic N) is 1. The zero-order chi connectivity index (χ0) is 9.68. The number of guanidine groups is 1. The maximum Gasteiger partial charge on any atom is 0.189 e. The molecular weight excluding hydrogens is 182 g/mol. The Morgan fingerprint density at radius 2 is 2.54 bits per heavy atom. The van der Waals surface area contributed by atoms with Crippen LogP contribution >= 0.6 is 11.3 Å². The lowest BCUT2D eigenvalue weighted by molar-refractivity contribution is 0.723. The molecule has 0 fully saturated rings. The summed E-state index contributed by atoms with van der Waals surface area (Å²) in [5, 5.41) is 5.18. The Hall–Kier alpha value is -1.03. The molecule has 1 atom stereocenters. The lowest BCUT2D eigenvalue weighted by atomic mass is 10.3. The van der Waals surface area contributed by atoms with Crippen molar-refractivity contribution in [3.63, 3.8) is 0 Å². The predicted molar refractivity (Wildman–Crippen MR) is 58.0 cm³/mol. The van der Waals surface area contributed by atoms with Crippen molar-refractivity contribution in [2.24, 2.45) is 10.7 Å². The van der Waals surface area contributed by atoms with Crippen molar-refractivity contribution in [2.75, 3.05) is 6.54 Å². The molecule has 0 aliphatic carbocycles. The van der Waals surface area contributed by atoms with Crippen molar-refractivity contribution in [1.82, 2.24) is 5.32 Å². The minimum atomic E-state index is 0.246. The Kier molecular flexibility index (Phi) is 3.76. The van der Waals surface area contributed by atoms with Crippen LogP contribution < -0.4 is 11.1 Å². The van der Waals surface area contributed by atoms with Gasteiger partial charge < -0.3 is 11.1 Å². The molecule has 0 saturated carbocycles. The van der Waals surface area contributed by atoms with E-state index in [9.17, 15) is 0 Å². The third kappa shape index (κ3) is 3.06. The van der Waals surface area contributed by atoms with E-state index in [0.717, 1.165) is 6.54 Å². The summed E-state index contributed by atoms with van der Waals surface area (Å²) in [5.41, 5.74) is 5.63. The summed E-state index contributed by atoms with van der Waals surface area (Å²) < 4.78 is 0. The lowest BCUT2D eigenvalue weighted by Crippen LogP contribution is -2.33. The first-order valence-electron chi connectivity index (χ1n) is 4.34. The minimum absolute atomic E-state index is 0.246. The van der Waals surface area contributed by atoms with Crippen LogP contribution in [0.1, 0.15) is 24.8 Å². The van der Waals surface area contributed by atoms with E-state index in [-0.39, 0.29) is 6.04 Å². The highest BCUT2D eigenvalue weighted by Crippen LogP contribution is 2.17. The average Bonchev–Trinajstić information content (AvgIpc) is 2.55. The van der Waals surface area contributed by atoms with Gasteiger partial charge in [-0.05, 0) is 25.3 Å². The highest BCUT2D eigenvalue weighted by Gasteiger charge is 2.05. The molecule has 72 valence electrons. The number of hydrogen-bond acceptors (Lipinski definition) is 2. The maximum absolute atomic E-state index is 5.63. The molecule has 4 heteroatoms. The Bertz CT molecular complexity index is 266. The molecule has 1 rings (SSSR count). The average molecular weight is 197 g/mol. The van der Waals surface area contributed by atoms with Crippen LogP contribution in [0.2, 0.25) is 0 Å². The van der Waals surface area contributed by atoms with Gasteiger partial charge in [0.25, 0.3) is 0 Å². The second-order valence-electron chi connectivity index (χ2n) is 2.74. The van der Waals surface area contributed by atoms with Gasteiger partial charge in [0, 0.05) is 11.4 Å². The Morgan fingerprint density at radius 1 is 1.77 bits per heavy atom. The summed E-state index contributed by atoms with van der Waals surface area (Å²) in [4.78, 5) is 5.33. The van der Waals surface area contributed by atoms with Gasteiger partial charge in [0.05, 0.1) is 6.04 Å². The van der Waals surface area contributed by atoms with Crippen molar-refractivity contribution in [1.29, 1.82) is 0 Å². The molecule has 0 aliphatic rings. The van der Waals surface area contributed by atoms with Gasteiger partial charge in [0.1, 0.15) is 0 Å². The van der Waals surface area contributed by atoms with Crippen molar-refractivity contribution in [2.45, 2.75) is 19.9 Å². The van der Waals surface area contributed by atoms with E-state index >= 15 is 0 Å². The van der Waals surface area contributed by atoms with Crippen LogP contribution in [0.5, 0.6) is 0 Å². The van der Waals surface area contributed by atoms with Gasteiger partial charge in [-0.25, -0.2) is 0 Å². The van der Waals surface area contributed by atoms with Gasteiger partial charge in [0.15, 0.2) is 5.96 Å². The summed E-state index contributed by atoms with van der Waals surface area (Å²) in [6, 6.07) is 4.36. The van der Waals surface area contributed by atoms with Gasteiger partial charge in [-0.15, -0.1) is 11.3 Å². The molecule has 13 heavy (non-hydrogen) atoms. The number of thiophene rings is 1. The summed E-state index contributed by atoms with van der Waals surface area (Å²) in [6.07, 6.45) is 0. The lowest BCUT2D eigenvalue weighted by Gasteiger charge is -2.12. The molecule has 3 N–H and O–H groups in total.